The number of sulfonamides is 1. The molecule has 2 aliphatic rings. The van der Waals surface area contributed by atoms with Crippen molar-refractivity contribution in [1.82, 2.24) is 14.5 Å². The number of nitrogens with zero attached hydrogens (tertiary/aromatic N) is 2. The molecular weight excluding hydrogens is 405 g/mol. The van der Waals surface area contributed by atoms with Crippen LogP contribution < -0.4 is 5.32 Å². The topological polar surface area (TPSA) is 69.7 Å². The van der Waals surface area contributed by atoms with Gasteiger partial charge in [0, 0.05) is 32.2 Å². The van der Waals surface area contributed by atoms with Crippen LogP contribution in [0, 0.1) is 11.7 Å². The van der Waals surface area contributed by atoms with E-state index in [4.69, 9.17) is 11.6 Å². The number of piperazine rings is 1. The number of nitrogens with one attached hydrogen (secondary N) is 1. The second kappa shape index (κ2) is 9.07. The van der Waals surface area contributed by atoms with Crippen LogP contribution in [0.3, 0.4) is 0 Å². The van der Waals surface area contributed by atoms with Gasteiger partial charge in [0.2, 0.25) is 15.9 Å². The zero-order chi connectivity index (χ0) is 20.3. The minimum Gasteiger partial charge on any atom is -0.352 e. The number of halogens is 2. The predicted octanol–water partition coefficient (Wildman–Crippen LogP) is 2.48. The molecule has 2 unspecified atom stereocenters. The fourth-order valence-electron chi connectivity index (χ4n) is 3.90. The van der Waals surface area contributed by atoms with Gasteiger partial charge in [0.1, 0.15) is 5.82 Å². The third-order valence-corrected chi connectivity index (χ3v) is 7.87. The van der Waals surface area contributed by atoms with Crippen molar-refractivity contribution in [3.05, 3.63) is 29.0 Å². The first-order chi connectivity index (χ1) is 13.3. The molecule has 6 nitrogen and oxygen atoms in total. The highest BCUT2D eigenvalue weighted by atomic mass is 35.5. The Morgan fingerprint density at radius 3 is 2.54 bits per heavy atom. The molecule has 1 aliphatic carbocycles. The Morgan fingerprint density at radius 1 is 1.21 bits per heavy atom. The lowest BCUT2D eigenvalue weighted by atomic mass is 9.86. The largest absolute Gasteiger partial charge is 0.352 e. The van der Waals surface area contributed by atoms with Crippen LogP contribution in [-0.4, -0.2) is 62.3 Å². The summed E-state index contributed by atoms with van der Waals surface area (Å²) in [6, 6.07) is 3.66. The van der Waals surface area contributed by atoms with Gasteiger partial charge in [0.15, 0.2) is 0 Å². The van der Waals surface area contributed by atoms with Crippen LogP contribution in [0.25, 0.3) is 0 Å². The SMILES string of the molecule is CC1CCCCC1NC(=O)CN1CCN(S(=O)(=O)c2ccc(F)c(Cl)c2)CC1. The maximum Gasteiger partial charge on any atom is 0.243 e. The molecule has 1 heterocycles. The molecule has 0 radical (unpaired) electrons. The van der Waals surface area contributed by atoms with Crippen molar-refractivity contribution in [2.24, 2.45) is 5.92 Å². The monoisotopic (exact) mass is 431 g/mol. The molecule has 3 rings (SSSR count). The van der Waals surface area contributed by atoms with E-state index >= 15 is 0 Å². The molecule has 1 saturated heterocycles. The zero-order valence-corrected chi connectivity index (χ0v) is 17.6. The highest BCUT2D eigenvalue weighted by Crippen LogP contribution is 2.24. The quantitative estimate of drug-likeness (QED) is 0.777. The molecule has 1 N–H and O–H groups in total. The van der Waals surface area contributed by atoms with Crippen LogP contribution in [0.1, 0.15) is 32.6 Å². The summed E-state index contributed by atoms with van der Waals surface area (Å²) in [5.41, 5.74) is 0. The van der Waals surface area contributed by atoms with Gasteiger partial charge in [0.25, 0.3) is 0 Å². The van der Waals surface area contributed by atoms with Gasteiger partial charge in [-0.2, -0.15) is 4.31 Å². The smallest absolute Gasteiger partial charge is 0.243 e. The van der Waals surface area contributed by atoms with Crippen LogP contribution in [0.4, 0.5) is 4.39 Å². The summed E-state index contributed by atoms with van der Waals surface area (Å²) in [6.07, 6.45) is 4.55. The Labute approximate surface area is 171 Å². The number of benzene rings is 1. The van der Waals surface area contributed by atoms with E-state index in [1.165, 1.54) is 16.8 Å². The van der Waals surface area contributed by atoms with Crippen molar-refractivity contribution in [3.63, 3.8) is 0 Å². The Kier molecular flexibility index (Phi) is 6.96. The van der Waals surface area contributed by atoms with Crippen LogP contribution in [0.15, 0.2) is 23.1 Å². The average molecular weight is 432 g/mol. The molecule has 0 spiro atoms. The van der Waals surface area contributed by atoms with Gasteiger partial charge >= 0.3 is 0 Å². The zero-order valence-electron chi connectivity index (χ0n) is 16.0. The number of hydrogen-bond donors (Lipinski definition) is 1. The lowest BCUT2D eigenvalue weighted by Crippen LogP contribution is -2.52. The van der Waals surface area contributed by atoms with Gasteiger partial charge in [0.05, 0.1) is 16.5 Å². The summed E-state index contributed by atoms with van der Waals surface area (Å²) < 4.78 is 40.1. The van der Waals surface area contributed by atoms with Crippen molar-refractivity contribution in [2.45, 2.75) is 43.5 Å². The molecule has 1 aromatic carbocycles. The summed E-state index contributed by atoms with van der Waals surface area (Å²) in [5.74, 6) is -0.147. The van der Waals surface area contributed by atoms with Gasteiger partial charge in [-0.25, -0.2) is 12.8 Å². The van der Waals surface area contributed by atoms with Gasteiger partial charge in [-0.3, -0.25) is 9.69 Å². The molecular formula is C19H27ClFN3O3S. The van der Waals surface area contributed by atoms with Gasteiger partial charge < -0.3 is 5.32 Å². The van der Waals surface area contributed by atoms with Crippen LogP contribution in [-0.2, 0) is 14.8 Å². The van der Waals surface area contributed by atoms with E-state index in [0.29, 0.717) is 19.0 Å². The van der Waals surface area contributed by atoms with Crippen LogP contribution in [0.5, 0.6) is 0 Å². The minimum atomic E-state index is -3.73. The van der Waals surface area contributed by atoms with E-state index in [1.54, 1.807) is 0 Å². The number of hydrogen-bond acceptors (Lipinski definition) is 4. The van der Waals surface area contributed by atoms with Crippen molar-refractivity contribution < 1.29 is 17.6 Å². The van der Waals surface area contributed by atoms with E-state index < -0.39 is 15.8 Å². The van der Waals surface area contributed by atoms with Crippen LogP contribution >= 0.6 is 11.6 Å². The molecule has 0 bridgehead atoms. The normalized spacial score (nSPS) is 24.8. The van der Waals surface area contributed by atoms with E-state index in [1.807, 2.05) is 4.90 Å². The highest BCUT2D eigenvalue weighted by Gasteiger charge is 2.30. The first-order valence-corrected chi connectivity index (χ1v) is 11.6. The molecule has 2 fully saturated rings. The first-order valence-electron chi connectivity index (χ1n) is 9.74. The summed E-state index contributed by atoms with van der Waals surface area (Å²) in [5, 5.41) is 2.92. The number of amides is 1. The summed E-state index contributed by atoms with van der Waals surface area (Å²) in [6.45, 7) is 3.97. The molecule has 1 aliphatic heterocycles. The van der Waals surface area contributed by atoms with E-state index in [9.17, 15) is 17.6 Å². The van der Waals surface area contributed by atoms with Gasteiger partial charge in [-0.05, 0) is 37.0 Å². The predicted molar refractivity (Wildman–Crippen MR) is 106 cm³/mol. The number of rotatable bonds is 5. The number of carbonyl (C=O) groups excluding carboxylic acids is 1. The molecule has 156 valence electrons. The minimum absolute atomic E-state index is 0.000346. The number of carbonyl (C=O) groups is 1. The molecule has 0 aromatic heterocycles. The highest BCUT2D eigenvalue weighted by molar-refractivity contribution is 7.89. The lowest BCUT2D eigenvalue weighted by molar-refractivity contribution is -0.123. The molecule has 1 amide bonds. The average Bonchev–Trinajstić information content (AvgIpc) is 2.66. The summed E-state index contributed by atoms with van der Waals surface area (Å²) in [4.78, 5) is 14.3. The second-order valence-corrected chi connectivity index (χ2v) is 10.0. The van der Waals surface area contributed by atoms with E-state index in [-0.39, 0.29) is 41.5 Å². The molecule has 1 saturated carbocycles. The summed E-state index contributed by atoms with van der Waals surface area (Å²) >= 11 is 5.72. The van der Waals surface area contributed by atoms with E-state index in [0.717, 1.165) is 31.4 Å². The van der Waals surface area contributed by atoms with Gasteiger partial charge in [-0.15, -0.1) is 0 Å². The van der Waals surface area contributed by atoms with Gasteiger partial charge in [-0.1, -0.05) is 31.4 Å². The summed E-state index contributed by atoms with van der Waals surface area (Å²) in [7, 11) is -3.73. The maximum atomic E-state index is 13.3. The molecule has 28 heavy (non-hydrogen) atoms. The second-order valence-electron chi connectivity index (χ2n) is 7.69. The van der Waals surface area contributed by atoms with Crippen molar-refractivity contribution >= 4 is 27.5 Å². The van der Waals surface area contributed by atoms with Crippen LogP contribution in [0.2, 0.25) is 5.02 Å². The van der Waals surface area contributed by atoms with Crippen molar-refractivity contribution in [2.75, 3.05) is 32.7 Å². The molecule has 2 atom stereocenters. The Bertz CT molecular complexity index is 813. The standard InChI is InChI=1S/C19H27ClFN3O3S/c1-14-4-2-3-5-18(14)22-19(25)13-23-8-10-24(11-9-23)28(26,27)15-6-7-17(21)16(20)12-15/h6-7,12,14,18H,2-5,8-11,13H2,1H3,(H,22,25). The van der Waals surface area contributed by atoms with Crippen molar-refractivity contribution in [1.29, 1.82) is 0 Å². The Balaban J connectivity index is 1.52. The fraction of sp³-hybridized carbons (Fsp3) is 0.632. The molecule has 1 aromatic rings. The van der Waals surface area contributed by atoms with Crippen molar-refractivity contribution in [3.8, 4) is 0 Å². The Hall–Kier alpha value is -1.22. The molecule has 9 heteroatoms. The fourth-order valence-corrected chi connectivity index (χ4v) is 5.59. The first kappa shape index (κ1) is 21.5. The third kappa shape index (κ3) is 5.03. The Morgan fingerprint density at radius 2 is 1.89 bits per heavy atom. The third-order valence-electron chi connectivity index (χ3n) is 5.69. The van der Waals surface area contributed by atoms with E-state index in [2.05, 4.69) is 12.2 Å². The maximum absolute atomic E-state index is 13.3. The lowest BCUT2D eigenvalue weighted by Gasteiger charge is -2.34.